The van der Waals surface area contributed by atoms with E-state index in [2.05, 4.69) is 5.32 Å². The Morgan fingerprint density at radius 1 is 1.50 bits per heavy atom. The fourth-order valence-electron chi connectivity index (χ4n) is 0.486. The van der Waals surface area contributed by atoms with Crippen LogP contribution >= 0.6 is 0 Å². The van der Waals surface area contributed by atoms with Gasteiger partial charge < -0.3 is 15.3 Å². The third-order valence-electron chi connectivity index (χ3n) is 1.39. The average molecular weight is 174 g/mol. The Morgan fingerprint density at radius 3 is 2.33 bits per heavy atom. The molecule has 0 aliphatic heterocycles. The minimum atomic E-state index is -0.908. The number of carbonyl (C=O) groups is 2. The van der Waals surface area contributed by atoms with Gasteiger partial charge >= 0.3 is 12.0 Å². The van der Waals surface area contributed by atoms with E-state index in [9.17, 15) is 9.59 Å². The second kappa shape index (κ2) is 4.58. The second-order valence-electron chi connectivity index (χ2n) is 2.82. The maximum atomic E-state index is 10.9. The third kappa shape index (κ3) is 3.80. The van der Waals surface area contributed by atoms with E-state index in [-0.39, 0.29) is 12.6 Å². The topological polar surface area (TPSA) is 69.6 Å². The number of nitrogens with zero attached hydrogens (tertiary/aromatic N) is 1. The maximum Gasteiger partial charge on any atom is 0.316 e. The first-order valence-corrected chi connectivity index (χ1v) is 3.63. The van der Waals surface area contributed by atoms with Crippen LogP contribution in [0.2, 0.25) is 0 Å². The molecular formula is C7H14N2O3. The Bertz CT molecular complexity index is 179. The van der Waals surface area contributed by atoms with Crippen molar-refractivity contribution in [3.63, 3.8) is 0 Å². The number of amides is 2. The summed E-state index contributed by atoms with van der Waals surface area (Å²) in [6.07, 6.45) is 0. The van der Waals surface area contributed by atoms with Gasteiger partial charge in [0.15, 0.2) is 0 Å². The molecule has 70 valence electrons. The van der Waals surface area contributed by atoms with E-state index in [0.717, 1.165) is 0 Å². The van der Waals surface area contributed by atoms with Gasteiger partial charge in [-0.05, 0) is 0 Å². The summed E-state index contributed by atoms with van der Waals surface area (Å²) in [6.45, 7) is 1.70. The SMILES string of the molecule is CC(CNC(=O)N(C)C)C(=O)O. The summed E-state index contributed by atoms with van der Waals surface area (Å²) in [5.41, 5.74) is 0. The van der Waals surface area contributed by atoms with E-state index in [1.165, 1.54) is 11.8 Å². The number of carboxylic acids is 1. The Kier molecular flexibility index (Phi) is 4.10. The van der Waals surface area contributed by atoms with E-state index in [1.54, 1.807) is 14.1 Å². The zero-order valence-corrected chi connectivity index (χ0v) is 7.50. The molecule has 0 aromatic heterocycles. The fourth-order valence-corrected chi connectivity index (χ4v) is 0.486. The molecule has 2 amide bonds. The third-order valence-corrected chi connectivity index (χ3v) is 1.39. The number of hydrogen-bond donors (Lipinski definition) is 2. The fraction of sp³-hybridized carbons (Fsp3) is 0.714. The first-order valence-electron chi connectivity index (χ1n) is 3.63. The molecule has 5 nitrogen and oxygen atoms in total. The standard InChI is InChI=1S/C7H14N2O3/c1-5(6(10)11)4-8-7(12)9(2)3/h5H,4H2,1-3H3,(H,8,12)(H,10,11). The van der Waals surface area contributed by atoms with Crippen LogP contribution < -0.4 is 5.32 Å². The lowest BCUT2D eigenvalue weighted by atomic mass is 10.2. The van der Waals surface area contributed by atoms with Gasteiger partial charge in [0.1, 0.15) is 0 Å². The van der Waals surface area contributed by atoms with E-state index in [4.69, 9.17) is 5.11 Å². The molecule has 0 heterocycles. The van der Waals surface area contributed by atoms with Crippen LogP contribution in [0.15, 0.2) is 0 Å². The first-order chi connectivity index (χ1) is 5.45. The highest BCUT2D eigenvalue weighted by molar-refractivity contribution is 5.75. The minimum Gasteiger partial charge on any atom is -0.481 e. The number of rotatable bonds is 3. The molecule has 0 radical (unpaired) electrons. The van der Waals surface area contributed by atoms with Crippen molar-refractivity contribution in [1.82, 2.24) is 10.2 Å². The number of carboxylic acid groups (broad SMARTS) is 1. The Morgan fingerprint density at radius 2 is 2.00 bits per heavy atom. The normalized spacial score (nSPS) is 11.9. The molecule has 1 atom stereocenters. The van der Waals surface area contributed by atoms with Crippen LogP contribution in [0, 0.1) is 5.92 Å². The first kappa shape index (κ1) is 10.7. The summed E-state index contributed by atoms with van der Waals surface area (Å²) in [6, 6.07) is -0.275. The quantitative estimate of drug-likeness (QED) is 0.631. The molecule has 0 aromatic rings. The lowest BCUT2D eigenvalue weighted by Gasteiger charge is -2.13. The van der Waals surface area contributed by atoms with Crippen molar-refractivity contribution >= 4 is 12.0 Å². The highest BCUT2D eigenvalue weighted by atomic mass is 16.4. The lowest BCUT2D eigenvalue weighted by Crippen LogP contribution is -2.38. The molecule has 12 heavy (non-hydrogen) atoms. The lowest BCUT2D eigenvalue weighted by molar-refractivity contribution is -0.140. The molecule has 0 fully saturated rings. The zero-order valence-electron chi connectivity index (χ0n) is 7.50. The van der Waals surface area contributed by atoms with Gasteiger partial charge in [0, 0.05) is 20.6 Å². The molecule has 0 saturated carbocycles. The number of hydrogen-bond acceptors (Lipinski definition) is 2. The Labute approximate surface area is 71.4 Å². The van der Waals surface area contributed by atoms with Gasteiger partial charge in [0.2, 0.25) is 0 Å². The zero-order chi connectivity index (χ0) is 9.72. The van der Waals surface area contributed by atoms with Crippen molar-refractivity contribution in [2.75, 3.05) is 20.6 Å². The molecule has 0 aliphatic rings. The minimum absolute atomic E-state index is 0.159. The van der Waals surface area contributed by atoms with Crippen molar-refractivity contribution in [3.8, 4) is 0 Å². The van der Waals surface area contributed by atoms with Crippen LogP contribution in [0.1, 0.15) is 6.92 Å². The van der Waals surface area contributed by atoms with E-state index in [1.807, 2.05) is 0 Å². The van der Waals surface area contributed by atoms with Crippen molar-refractivity contribution in [1.29, 1.82) is 0 Å². The number of nitrogens with one attached hydrogen (secondary N) is 1. The molecular weight excluding hydrogens is 160 g/mol. The van der Waals surface area contributed by atoms with E-state index >= 15 is 0 Å². The van der Waals surface area contributed by atoms with Gasteiger partial charge in [-0.3, -0.25) is 4.79 Å². The number of carbonyl (C=O) groups excluding carboxylic acids is 1. The number of aliphatic carboxylic acids is 1. The highest BCUT2D eigenvalue weighted by Gasteiger charge is 2.12. The predicted molar refractivity (Wildman–Crippen MR) is 43.9 cm³/mol. The van der Waals surface area contributed by atoms with Gasteiger partial charge in [-0.15, -0.1) is 0 Å². The maximum absolute atomic E-state index is 10.9. The summed E-state index contributed by atoms with van der Waals surface area (Å²) in [5.74, 6) is -1.46. The summed E-state index contributed by atoms with van der Waals surface area (Å²) < 4.78 is 0. The molecule has 5 heteroatoms. The van der Waals surface area contributed by atoms with Crippen LogP contribution in [0.25, 0.3) is 0 Å². The molecule has 0 aliphatic carbocycles. The van der Waals surface area contributed by atoms with Gasteiger partial charge in [-0.1, -0.05) is 6.92 Å². The molecule has 0 aromatic carbocycles. The summed E-state index contributed by atoms with van der Waals surface area (Å²) in [4.78, 5) is 22.6. The summed E-state index contributed by atoms with van der Waals surface area (Å²) >= 11 is 0. The van der Waals surface area contributed by atoms with Crippen LogP contribution in [-0.2, 0) is 4.79 Å². The van der Waals surface area contributed by atoms with Crippen molar-refractivity contribution in [2.24, 2.45) is 5.92 Å². The molecule has 0 saturated heterocycles. The largest absolute Gasteiger partial charge is 0.481 e. The molecule has 1 unspecified atom stereocenters. The van der Waals surface area contributed by atoms with Crippen molar-refractivity contribution in [2.45, 2.75) is 6.92 Å². The summed E-state index contributed by atoms with van der Waals surface area (Å²) in [7, 11) is 3.20. The monoisotopic (exact) mass is 174 g/mol. The molecule has 2 N–H and O–H groups in total. The van der Waals surface area contributed by atoms with Gasteiger partial charge in [-0.2, -0.15) is 0 Å². The average Bonchev–Trinajstić information content (AvgIpc) is 1.98. The van der Waals surface area contributed by atoms with Crippen LogP contribution in [0.3, 0.4) is 0 Å². The van der Waals surface area contributed by atoms with Crippen LogP contribution in [0.4, 0.5) is 4.79 Å². The number of urea groups is 1. The second-order valence-corrected chi connectivity index (χ2v) is 2.82. The van der Waals surface area contributed by atoms with Crippen molar-refractivity contribution < 1.29 is 14.7 Å². The smallest absolute Gasteiger partial charge is 0.316 e. The van der Waals surface area contributed by atoms with Crippen LogP contribution in [-0.4, -0.2) is 42.6 Å². The van der Waals surface area contributed by atoms with E-state index < -0.39 is 11.9 Å². The van der Waals surface area contributed by atoms with Crippen molar-refractivity contribution in [3.05, 3.63) is 0 Å². The Hall–Kier alpha value is -1.26. The van der Waals surface area contributed by atoms with Gasteiger partial charge in [-0.25, -0.2) is 4.79 Å². The summed E-state index contributed by atoms with van der Waals surface area (Å²) in [5, 5.41) is 10.9. The van der Waals surface area contributed by atoms with E-state index in [0.29, 0.717) is 0 Å². The molecule has 0 rings (SSSR count). The van der Waals surface area contributed by atoms with Gasteiger partial charge in [0.25, 0.3) is 0 Å². The predicted octanol–water partition coefficient (Wildman–Crippen LogP) is -0.0217. The molecule has 0 bridgehead atoms. The highest BCUT2D eigenvalue weighted by Crippen LogP contribution is 1.91. The Balaban J connectivity index is 3.69. The molecule has 0 spiro atoms. The van der Waals surface area contributed by atoms with Gasteiger partial charge in [0.05, 0.1) is 5.92 Å². The van der Waals surface area contributed by atoms with Crippen LogP contribution in [0.5, 0.6) is 0 Å².